The average Bonchev–Trinajstić information content (AvgIpc) is 2.20. The summed E-state index contributed by atoms with van der Waals surface area (Å²) in [5, 5.41) is 2.80. The highest BCUT2D eigenvalue weighted by Gasteiger charge is 2.15. The molecule has 6 heteroatoms. The first kappa shape index (κ1) is 12.8. The van der Waals surface area contributed by atoms with Gasteiger partial charge in [0.15, 0.2) is 11.6 Å². The molecule has 1 heterocycles. The van der Waals surface area contributed by atoms with Crippen LogP contribution in [0.2, 0.25) is 0 Å². The van der Waals surface area contributed by atoms with Gasteiger partial charge in [0, 0.05) is 25.4 Å². The summed E-state index contributed by atoms with van der Waals surface area (Å²) >= 11 is 0. The van der Waals surface area contributed by atoms with Crippen molar-refractivity contribution in [1.82, 2.24) is 10.3 Å². The van der Waals surface area contributed by atoms with Crippen LogP contribution >= 0.6 is 0 Å². The van der Waals surface area contributed by atoms with Crippen LogP contribution in [0.3, 0.4) is 0 Å². The maximum Gasteiger partial charge on any atom is 0.255 e. The first-order valence-electron chi connectivity index (χ1n) is 4.83. The van der Waals surface area contributed by atoms with Crippen molar-refractivity contribution in [1.29, 1.82) is 0 Å². The standard InChI is InChI=1S/C10H14F3N3/c1-14-5-7-3-4-15-10(9(7)13)16(2)6-8(11)12/h3-4,8,14H,5-6H2,1-2H3. The lowest BCUT2D eigenvalue weighted by Crippen LogP contribution is -2.26. The summed E-state index contributed by atoms with van der Waals surface area (Å²) in [5.74, 6) is -0.604. The first-order chi connectivity index (χ1) is 7.56. The summed E-state index contributed by atoms with van der Waals surface area (Å²) in [5.41, 5.74) is 0.411. The highest BCUT2D eigenvalue weighted by molar-refractivity contribution is 5.42. The number of halogens is 3. The van der Waals surface area contributed by atoms with Crippen molar-refractivity contribution in [2.45, 2.75) is 13.0 Å². The zero-order valence-electron chi connectivity index (χ0n) is 9.17. The van der Waals surface area contributed by atoms with Gasteiger partial charge >= 0.3 is 0 Å². The van der Waals surface area contributed by atoms with E-state index in [2.05, 4.69) is 10.3 Å². The van der Waals surface area contributed by atoms with Crippen molar-refractivity contribution in [2.24, 2.45) is 0 Å². The van der Waals surface area contributed by atoms with Crippen LogP contribution < -0.4 is 10.2 Å². The lowest BCUT2D eigenvalue weighted by atomic mass is 10.2. The van der Waals surface area contributed by atoms with Gasteiger partial charge in [-0.25, -0.2) is 18.2 Å². The number of aromatic nitrogens is 1. The maximum atomic E-state index is 13.8. The van der Waals surface area contributed by atoms with E-state index in [1.807, 2.05) is 0 Å². The summed E-state index contributed by atoms with van der Waals surface area (Å²) in [7, 11) is 3.07. The largest absolute Gasteiger partial charge is 0.352 e. The Morgan fingerprint density at radius 2 is 2.19 bits per heavy atom. The van der Waals surface area contributed by atoms with Crippen LogP contribution in [-0.2, 0) is 6.54 Å². The van der Waals surface area contributed by atoms with Crippen molar-refractivity contribution in [3.05, 3.63) is 23.6 Å². The van der Waals surface area contributed by atoms with E-state index >= 15 is 0 Å². The van der Waals surface area contributed by atoms with E-state index in [-0.39, 0.29) is 5.82 Å². The summed E-state index contributed by atoms with van der Waals surface area (Å²) in [6.45, 7) is -0.198. The van der Waals surface area contributed by atoms with Gasteiger partial charge in [0.2, 0.25) is 0 Å². The molecule has 0 aromatic carbocycles. The fourth-order valence-corrected chi connectivity index (χ4v) is 1.36. The predicted octanol–water partition coefficient (Wildman–Crippen LogP) is 1.64. The minimum Gasteiger partial charge on any atom is -0.352 e. The third kappa shape index (κ3) is 3.10. The van der Waals surface area contributed by atoms with Gasteiger partial charge in [0.1, 0.15) is 0 Å². The van der Waals surface area contributed by atoms with Gasteiger partial charge in [-0.1, -0.05) is 0 Å². The Balaban J connectivity index is 2.91. The molecule has 0 fully saturated rings. The summed E-state index contributed by atoms with van der Waals surface area (Å²) in [6, 6.07) is 1.52. The molecular weight excluding hydrogens is 219 g/mol. The Morgan fingerprint density at radius 1 is 1.50 bits per heavy atom. The minimum atomic E-state index is -2.51. The fraction of sp³-hybridized carbons (Fsp3) is 0.500. The second-order valence-electron chi connectivity index (χ2n) is 3.41. The molecule has 0 radical (unpaired) electrons. The number of alkyl halides is 2. The van der Waals surface area contributed by atoms with Crippen LogP contribution in [0.4, 0.5) is 19.0 Å². The van der Waals surface area contributed by atoms with E-state index in [0.29, 0.717) is 12.1 Å². The number of hydrogen-bond acceptors (Lipinski definition) is 3. The molecule has 16 heavy (non-hydrogen) atoms. The number of pyridine rings is 1. The molecule has 0 unspecified atom stereocenters. The smallest absolute Gasteiger partial charge is 0.255 e. The molecule has 0 aliphatic carbocycles. The molecule has 90 valence electrons. The first-order valence-corrected chi connectivity index (χ1v) is 4.83. The van der Waals surface area contributed by atoms with Crippen LogP contribution in [-0.4, -0.2) is 32.0 Å². The number of nitrogens with one attached hydrogen (secondary N) is 1. The molecule has 1 N–H and O–H groups in total. The monoisotopic (exact) mass is 233 g/mol. The van der Waals surface area contributed by atoms with Gasteiger partial charge in [-0.2, -0.15) is 0 Å². The molecule has 1 aromatic rings. The van der Waals surface area contributed by atoms with Gasteiger partial charge in [-0.3, -0.25) is 0 Å². The van der Waals surface area contributed by atoms with Gasteiger partial charge < -0.3 is 10.2 Å². The van der Waals surface area contributed by atoms with Crippen molar-refractivity contribution >= 4 is 5.82 Å². The molecule has 1 aromatic heterocycles. The average molecular weight is 233 g/mol. The molecule has 0 saturated heterocycles. The third-order valence-electron chi connectivity index (χ3n) is 2.09. The van der Waals surface area contributed by atoms with E-state index in [9.17, 15) is 13.2 Å². The van der Waals surface area contributed by atoms with Crippen molar-refractivity contribution in [3.8, 4) is 0 Å². The molecule has 0 bridgehead atoms. The Hall–Kier alpha value is -1.30. The van der Waals surface area contributed by atoms with E-state index in [1.165, 1.54) is 19.3 Å². The maximum absolute atomic E-state index is 13.8. The fourth-order valence-electron chi connectivity index (χ4n) is 1.36. The number of hydrogen-bond donors (Lipinski definition) is 1. The van der Waals surface area contributed by atoms with E-state index in [0.717, 1.165) is 4.90 Å². The van der Waals surface area contributed by atoms with Crippen LogP contribution in [0.25, 0.3) is 0 Å². The molecule has 0 amide bonds. The predicted molar refractivity (Wildman–Crippen MR) is 56.2 cm³/mol. The van der Waals surface area contributed by atoms with Gasteiger partial charge in [0.05, 0.1) is 6.54 Å². The molecule has 0 aliphatic heterocycles. The lowest BCUT2D eigenvalue weighted by molar-refractivity contribution is 0.156. The summed E-state index contributed by atoms with van der Waals surface area (Å²) < 4.78 is 38.1. The molecule has 0 saturated carbocycles. The van der Waals surface area contributed by atoms with Crippen LogP contribution in [0.15, 0.2) is 12.3 Å². The van der Waals surface area contributed by atoms with Crippen LogP contribution in [0.1, 0.15) is 5.56 Å². The molecule has 0 atom stereocenters. The summed E-state index contributed by atoms with van der Waals surface area (Å²) in [6.07, 6.45) is -1.10. The number of nitrogens with zero attached hydrogens (tertiary/aromatic N) is 2. The normalized spacial score (nSPS) is 10.9. The Labute approximate surface area is 92.3 Å². The van der Waals surface area contributed by atoms with Gasteiger partial charge in [-0.15, -0.1) is 0 Å². The Kier molecular flexibility index (Phi) is 4.54. The van der Waals surface area contributed by atoms with Crippen LogP contribution in [0.5, 0.6) is 0 Å². The zero-order valence-corrected chi connectivity index (χ0v) is 9.17. The van der Waals surface area contributed by atoms with Crippen LogP contribution in [0, 0.1) is 5.82 Å². The molecule has 3 nitrogen and oxygen atoms in total. The minimum absolute atomic E-state index is 0.0481. The van der Waals surface area contributed by atoms with Gasteiger partial charge in [-0.05, 0) is 13.1 Å². The van der Waals surface area contributed by atoms with E-state index in [1.54, 1.807) is 7.05 Å². The molecular formula is C10H14F3N3. The highest BCUT2D eigenvalue weighted by Crippen LogP contribution is 2.18. The third-order valence-corrected chi connectivity index (χ3v) is 2.09. The van der Waals surface area contributed by atoms with E-state index < -0.39 is 18.8 Å². The molecule has 1 rings (SSSR count). The SMILES string of the molecule is CNCc1ccnc(N(C)CC(F)F)c1F. The molecule has 0 aliphatic rings. The van der Waals surface area contributed by atoms with Crippen molar-refractivity contribution in [3.63, 3.8) is 0 Å². The van der Waals surface area contributed by atoms with Crippen molar-refractivity contribution in [2.75, 3.05) is 25.5 Å². The summed E-state index contributed by atoms with van der Waals surface area (Å²) in [4.78, 5) is 4.87. The topological polar surface area (TPSA) is 28.2 Å². The number of rotatable bonds is 5. The molecule has 0 spiro atoms. The number of anilines is 1. The second kappa shape index (κ2) is 5.69. The Bertz CT molecular complexity index is 344. The lowest BCUT2D eigenvalue weighted by Gasteiger charge is -2.19. The second-order valence-corrected chi connectivity index (χ2v) is 3.41. The quantitative estimate of drug-likeness (QED) is 0.838. The zero-order chi connectivity index (χ0) is 12.1. The van der Waals surface area contributed by atoms with E-state index in [4.69, 9.17) is 0 Å². The Morgan fingerprint density at radius 3 is 2.75 bits per heavy atom. The van der Waals surface area contributed by atoms with Crippen molar-refractivity contribution < 1.29 is 13.2 Å². The van der Waals surface area contributed by atoms with Gasteiger partial charge in [0.25, 0.3) is 6.43 Å². The highest BCUT2D eigenvalue weighted by atomic mass is 19.3.